The summed E-state index contributed by atoms with van der Waals surface area (Å²) in [6.45, 7) is 0. The van der Waals surface area contributed by atoms with E-state index in [4.69, 9.17) is 16.7 Å². The Kier molecular flexibility index (Phi) is 6.95. The van der Waals surface area contributed by atoms with Crippen molar-refractivity contribution in [3.8, 4) is 11.1 Å². The van der Waals surface area contributed by atoms with Crippen molar-refractivity contribution in [2.75, 3.05) is 0 Å². The Balaban J connectivity index is 1.71. The van der Waals surface area contributed by atoms with Crippen molar-refractivity contribution in [1.82, 2.24) is 9.99 Å². The van der Waals surface area contributed by atoms with Gasteiger partial charge in [-0.1, -0.05) is 76.1 Å². The number of pyridine rings is 1. The number of aromatic amines is 1. The summed E-state index contributed by atoms with van der Waals surface area (Å²) >= 11 is 10.0. The highest BCUT2D eigenvalue weighted by Crippen LogP contribution is 2.39. The molecule has 9 heteroatoms. The number of hydrogen-bond donors (Lipinski definition) is 2. The topological polar surface area (TPSA) is 103 Å². The van der Waals surface area contributed by atoms with Crippen molar-refractivity contribution in [3.05, 3.63) is 104 Å². The lowest BCUT2D eigenvalue weighted by atomic mass is 9.91. The van der Waals surface area contributed by atoms with Gasteiger partial charge in [-0.2, -0.15) is 5.10 Å². The molecule has 0 saturated carbocycles. The maximum absolute atomic E-state index is 13.5. The van der Waals surface area contributed by atoms with Crippen LogP contribution in [0.5, 0.6) is 0 Å². The van der Waals surface area contributed by atoms with E-state index in [0.717, 1.165) is 15.4 Å². The number of nitrogens with zero attached hydrogens (tertiary/aromatic N) is 2. The number of benzene rings is 3. The molecular weight excluding hydrogens is 558 g/mol. The van der Waals surface area contributed by atoms with Crippen molar-refractivity contribution in [3.63, 3.8) is 0 Å². The number of H-pyrrole nitrogens is 1. The number of halogens is 2. The molecule has 1 atom stereocenters. The van der Waals surface area contributed by atoms with Gasteiger partial charge in [0.15, 0.2) is 0 Å². The van der Waals surface area contributed by atoms with Crippen LogP contribution in [0, 0.1) is 0 Å². The third kappa shape index (κ3) is 4.95. The van der Waals surface area contributed by atoms with Gasteiger partial charge in [0.2, 0.25) is 5.91 Å². The molecule has 0 radical (unpaired) electrons. The molecule has 0 fully saturated rings. The van der Waals surface area contributed by atoms with Gasteiger partial charge in [0.25, 0.3) is 5.56 Å². The lowest BCUT2D eigenvalue weighted by Crippen LogP contribution is -2.27. The molecule has 0 unspecified atom stereocenters. The van der Waals surface area contributed by atoms with Gasteiger partial charge in [0, 0.05) is 38.8 Å². The van der Waals surface area contributed by atoms with Crippen LogP contribution in [-0.2, 0) is 9.59 Å². The number of carbonyl (C=O) groups excluding carboxylic acids is 1. The maximum Gasteiger partial charge on any atom is 0.303 e. The van der Waals surface area contributed by atoms with E-state index >= 15 is 0 Å². The first-order valence-electron chi connectivity index (χ1n) is 11.6. The van der Waals surface area contributed by atoms with Gasteiger partial charge >= 0.3 is 5.97 Å². The third-order valence-corrected chi connectivity index (χ3v) is 7.15. The number of carboxylic acids is 1. The van der Waals surface area contributed by atoms with E-state index in [2.05, 4.69) is 26.0 Å². The number of amides is 1. The minimum Gasteiger partial charge on any atom is -0.481 e. The van der Waals surface area contributed by atoms with Crippen LogP contribution in [0.15, 0.2) is 87.2 Å². The van der Waals surface area contributed by atoms with Crippen LogP contribution in [0.25, 0.3) is 22.0 Å². The molecule has 1 aliphatic heterocycles. The van der Waals surface area contributed by atoms with E-state index in [-0.39, 0.29) is 24.8 Å². The average molecular weight is 579 g/mol. The van der Waals surface area contributed by atoms with E-state index in [1.807, 2.05) is 60.7 Å². The molecule has 5 rings (SSSR count). The molecule has 4 aromatic rings. The average Bonchev–Trinajstić information content (AvgIpc) is 3.32. The molecule has 1 amide bonds. The Bertz CT molecular complexity index is 1620. The Labute approximate surface area is 225 Å². The predicted molar refractivity (Wildman–Crippen MR) is 147 cm³/mol. The second-order valence-corrected chi connectivity index (χ2v) is 10.0. The third-order valence-electron chi connectivity index (χ3n) is 6.31. The van der Waals surface area contributed by atoms with Crippen LogP contribution in [0.2, 0.25) is 5.02 Å². The maximum atomic E-state index is 13.5. The number of hydrogen-bond acceptors (Lipinski definition) is 4. The van der Waals surface area contributed by atoms with Gasteiger partial charge in [0.05, 0.1) is 23.7 Å². The number of nitrogens with one attached hydrogen (secondary N) is 1. The molecule has 2 N–H and O–H groups in total. The fraction of sp³-hybridized carbons (Fsp3) is 0.143. The fourth-order valence-electron chi connectivity index (χ4n) is 4.65. The number of aromatic nitrogens is 1. The van der Waals surface area contributed by atoms with Crippen LogP contribution in [0.4, 0.5) is 0 Å². The summed E-state index contributed by atoms with van der Waals surface area (Å²) in [4.78, 5) is 40.8. The fourth-order valence-corrected chi connectivity index (χ4v) is 5.28. The van der Waals surface area contributed by atoms with E-state index in [1.54, 1.807) is 12.1 Å². The minimum absolute atomic E-state index is 0.223. The first-order chi connectivity index (χ1) is 17.8. The van der Waals surface area contributed by atoms with Crippen LogP contribution < -0.4 is 5.56 Å². The lowest BCUT2D eigenvalue weighted by molar-refractivity contribution is -0.141. The van der Waals surface area contributed by atoms with Crippen LogP contribution in [0.3, 0.4) is 0 Å². The van der Waals surface area contributed by atoms with Crippen molar-refractivity contribution < 1.29 is 14.7 Å². The molecule has 3 aromatic carbocycles. The Morgan fingerprint density at radius 2 is 1.76 bits per heavy atom. The zero-order chi connectivity index (χ0) is 26.1. The summed E-state index contributed by atoms with van der Waals surface area (Å²) in [5.74, 6) is -1.53. The molecule has 37 heavy (non-hydrogen) atoms. The molecular formula is C28H21BrClN3O4. The SMILES string of the molecule is O=C(O)CCC(=O)N1N=C(c2c(-c3ccccc3)c3cc(Br)ccc3[nH]c2=O)C[C@@H]1c1ccccc1Cl. The van der Waals surface area contributed by atoms with E-state index in [0.29, 0.717) is 32.9 Å². The highest BCUT2D eigenvalue weighted by Gasteiger charge is 2.36. The number of carboxylic acid groups (broad SMARTS) is 1. The van der Waals surface area contributed by atoms with Gasteiger partial charge in [-0.3, -0.25) is 14.4 Å². The number of carbonyl (C=O) groups is 2. The standard InChI is InChI=1S/C28H21BrClN3O4/c29-17-10-11-21-19(14-17)26(16-6-2-1-3-7-16)27(28(37)31-21)22-15-23(18-8-4-5-9-20(18)30)33(32-22)24(34)12-13-25(35)36/h1-11,14,23H,12-13,15H2,(H,31,37)(H,35,36)/t23-/m1/s1. The normalized spacial score (nSPS) is 15.1. The highest BCUT2D eigenvalue weighted by atomic mass is 79.9. The minimum atomic E-state index is -1.08. The zero-order valence-corrected chi connectivity index (χ0v) is 21.8. The summed E-state index contributed by atoms with van der Waals surface area (Å²) in [5.41, 5.74) is 3.35. The molecule has 2 heterocycles. The van der Waals surface area contributed by atoms with Gasteiger partial charge in [-0.15, -0.1) is 0 Å². The molecule has 0 bridgehead atoms. The number of rotatable bonds is 6. The first kappa shape index (κ1) is 24.9. The summed E-state index contributed by atoms with van der Waals surface area (Å²) < 4.78 is 0.850. The molecule has 0 saturated heterocycles. The van der Waals surface area contributed by atoms with Gasteiger partial charge in [0.1, 0.15) is 0 Å². The van der Waals surface area contributed by atoms with Crippen molar-refractivity contribution in [1.29, 1.82) is 0 Å². The van der Waals surface area contributed by atoms with E-state index in [1.165, 1.54) is 5.01 Å². The second kappa shape index (κ2) is 10.3. The van der Waals surface area contributed by atoms with Gasteiger partial charge < -0.3 is 10.1 Å². The molecule has 0 spiro atoms. The molecule has 1 aromatic heterocycles. The second-order valence-electron chi connectivity index (χ2n) is 8.68. The lowest BCUT2D eigenvalue weighted by Gasteiger charge is -2.22. The van der Waals surface area contributed by atoms with Gasteiger partial charge in [-0.05, 0) is 35.4 Å². The monoisotopic (exact) mass is 577 g/mol. The number of hydrazone groups is 1. The van der Waals surface area contributed by atoms with Crippen LogP contribution in [0.1, 0.15) is 36.4 Å². The van der Waals surface area contributed by atoms with E-state index in [9.17, 15) is 14.4 Å². The largest absolute Gasteiger partial charge is 0.481 e. The van der Waals surface area contributed by atoms with Crippen LogP contribution >= 0.6 is 27.5 Å². The predicted octanol–water partition coefficient (Wildman–Crippen LogP) is 6.15. The van der Waals surface area contributed by atoms with Crippen LogP contribution in [-0.4, -0.2) is 32.7 Å². The molecule has 0 aliphatic carbocycles. The summed E-state index contributed by atoms with van der Waals surface area (Å²) in [6, 6.07) is 21.7. The smallest absolute Gasteiger partial charge is 0.303 e. The van der Waals surface area contributed by atoms with E-state index < -0.39 is 17.9 Å². The number of aliphatic carboxylic acids is 1. The molecule has 1 aliphatic rings. The van der Waals surface area contributed by atoms with Crippen molar-refractivity contribution in [2.45, 2.75) is 25.3 Å². The molecule has 186 valence electrons. The number of fused-ring (bicyclic) bond motifs is 1. The Hall–Kier alpha value is -3.75. The summed E-state index contributed by atoms with van der Waals surface area (Å²) in [6.07, 6.45) is -0.306. The summed E-state index contributed by atoms with van der Waals surface area (Å²) in [5, 5.41) is 16.3. The Morgan fingerprint density at radius 1 is 1.03 bits per heavy atom. The first-order valence-corrected chi connectivity index (χ1v) is 12.8. The highest BCUT2D eigenvalue weighted by molar-refractivity contribution is 9.10. The quantitative estimate of drug-likeness (QED) is 0.286. The zero-order valence-electron chi connectivity index (χ0n) is 19.4. The Morgan fingerprint density at radius 3 is 2.49 bits per heavy atom. The van der Waals surface area contributed by atoms with Crippen molar-refractivity contribution >= 4 is 56.0 Å². The summed E-state index contributed by atoms with van der Waals surface area (Å²) in [7, 11) is 0. The van der Waals surface area contributed by atoms with Crippen molar-refractivity contribution in [2.24, 2.45) is 5.10 Å². The molecule has 7 nitrogen and oxygen atoms in total. The van der Waals surface area contributed by atoms with Gasteiger partial charge in [-0.25, -0.2) is 5.01 Å².